The molecular formula is C23H20F2N4S. The molecule has 0 saturated heterocycles. The van der Waals surface area contributed by atoms with E-state index in [-0.39, 0.29) is 10.8 Å². The van der Waals surface area contributed by atoms with Crippen LogP contribution in [-0.4, -0.2) is 14.9 Å². The van der Waals surface area contributed by atoms with Gasteiger partial charge >= 0.3 is 0 Å². The molecule has 0 aliphatic carbocycles. The average molecular weight is 423 g/mol. The number of anilines is 2. The van der Waals surface area contributed by atoms with Crippen molar-refractivity contribution in [2.75, 3.05) is 10.6 Å². The van der Waals surface area contributed by atoms with Crippen LogP contribution in [0.15, 0.2) is 60.7 Å². The zero-order chi connectivity index (χ0) is 21.3. The van der Waals surface area contributed by atoms with Crippen molar-refractivity contribution in [3.8, 4) is 0 Å². The van der Waals surface area contributed by atoms with Crippen LogP contribution in [0.2, 0.25) is 0 Å². The smallest absolute Gasteiger partial charge is 0.175 e. The van der Waals surface area contributed by atoms with Gasteiger partial charge < -0.3 is 10.6 Å². The van der Waals surface area contributed by atoms with E-state index in [9.17, 15) is 8.78 Å². The molecule has 2 N–H and O–H groups in total. The number of nitrogens with zero attached hydrogens (tertiary/aromatic N) is 2. The number of rotatable bonds is 4. The Labute approximate surface area is 178 Å². The van der Waals surface area contributed by atoms with Gasteiger partial charge in [-0.3, -0.25) is 4.68 Å². The lowest BCUT2D eigenvalue weighted by Crippen LogP contribution is -2.20. The SMILES string of the molecule is Cc1nn(Cc2cccc3ccccc23)c(C)c1NC(=S)Nc1ccc(F)cc1F. The first-order chi connectivity index (χ1) is 14.4. The summed E-state index contributed by atoms with van der Waals surface area (Å²) >= 11 is 5.31. The molecule has 4 aromatic rings. The van der Waals surface area contributed by atoms with Gasteiger partial charge in [-0.15, -0.1) is 0 Å². The minimum atomic E-state index is -0.709. The molecular weight excluding hydrogens is 402 g/mol. The Hall–Kier alpha value is -3.32. The van der Waals surface area contributed by atoms with Crippen molar-refractivity contribution in [2.45, 2.75) is 20.4 Å². The molecule has 0 aliphatic heterocycles. The first-order valence-corrected chi connectivity index (χ1v) is 9.87. The van der Waals surface area contributed by atoms with Crippen LogP contribution in [0.5, 0.6) is 0 Å². The van der Waals surface area contributed by atoms with Gasteiger partial charge in [0.2, 0.25) is 0 Å². The van der Waals surface area contributed by atoms with Gasteiger partial charge in [-0.25, -0.2) is 8.78 Å². The van der Waals surface area contributed by atoms with E-state index in [1.54, 1.807) is 0 Å². The van der Waals surface area contributed by atoms with Crippen LogP contribution in [0, 0.1) is 25.5 Å². The Kier molecular flexibility index (Phi) is 5.46. The second kappa shape index (κ2) is 8.20. The van der Waals surface area contributed by atoms with E-state index in [0.29, 0.717) is 6.54 Å². The number of aryl methyl sites for hydroxylation is 1. The monoisotopic (exact) mass is 422 g/mol. The summed E-state index contributed by atoms with van der Waals surface area (Å²) in [6, 6.07) is 17.8. The first kappa shape index (κ1) is 20.0. The fraction of sp³-hybridized carbons (Fsp3) is 0.130. The Morgan fingerprint density at radius 2 is 1.77 bits per heavy atom. The maximum absolute atomic E-state index is 13.9. The highest BCUT2D eigenvalue weighted by Gasteiger charge is 2.15. The van der Waals surface area contributed by atoms with E-state index >= 15 is 0 Å². The molecule has 0 bridgehead atoms. The molecule has 0 spiro atoms. The van der Waals surface area contributed by atoms with Gasteiger partial charge in [0.1, 0.15) is 11.6 Å². The molecule has 1 aromatic heterocycles. The number of hydrogen-bond donors (Lipinski definition) is 2. The van der Waals surface area contributed by atoms with Gasteiger partial charge in [0.15, 0.2) is 5.11 Å². The van der Waals surface area contributed by atoms with Crippen molar-refractivity contribution >= 4 is 39.5 Å². The second-order valence-corrected chi connectivity index (χ2v) is 7.45. The minimum absolute atomic E-state index is 0.104. The van der Waals surface area contributed by atoms with Gasteiger partial charge in [0.25, 0.3) is 0 Å². The van der Waals surface area contributed by atoms with Crippen molar-refractivity contribution in [1.29, 1.82) is 0 Å². The van der Waals surface area contributed by atoms with Crippen molar-refractivity contribution in [1.82, 2.24) is 9.78 Å². The largest absolute Gasteiger partial charge is 0.330 e. The number of nitrogens with one attached hydrogen (secondary N) is 2. The molecule has 4 nitrogen and oxygen atoms in total. The Balaban J connectivity index is 1.55. The lowest BCUT2D eigenvalue weighted by Gasteiger charge is -2.12. The Bertz CT molecular complexity index is 1240. The minimum Gasteiger partial charge on any atom is -0.330 e. The maximum Gasteiger partial charge on any atom is 0.175 e. The predicted octanol–water partition coefficient (Wildman–Crippen LogP) is 5.79. The Morgan fingerprint density at radius 3 is 2.57 bits per heavy atom. The van der Waals surface area contributed by atoms with Crippen LogP contribution in [-0.2, 0) is 6.54 Å². The molecule has 0 aliphatic rings. The molecule has 1 heterocycles. The highest BCUT2D eigenvalue weighted by atomic mass is 32.1. The molecule has 7 heteroatoms. The molecule has 4 rings (SSSR count). The Morgan fingerprint density at radius 1 is 1.00 bits per heavy atom. The standard InChI is InChI=1S/C23H20F2N4S/c1-14-22(27-23(30)26-21-11-10-18(24)12-20(21)25)15(2)29(28-14)13-17-8-5-7-16-6-3-4-9-19(16)17/h3-12H,13H2,1-2H3,(H2,26,27,30). The van der Waals surface area contributed by atoms with Crippen molar-refractivity contribution in [3.05, 3.63) is 89.2 Å². The van der Waals surface area contributed by atoms with Gasteiger partial charge in [-0.2, -0.15) is 5.10 Å². The molecule has 0 atom stereocenters. The van der Waals surface area contributed by atoms with Crippen LogP contribution in [0.4, 0.5) is 20.2 Å². The maximum atomic E-state index is 13.9. The fourth-order valence-electron chi connectivity index (χ4n) is 3.48. The van der Waals surface area contributed by atoms with E-state index in [2.05, 4.69) is 40.0 Å². The molecule has 0 saturated carbocycles. The second-order valence-electron chi connectivity index (χ2n) is 7.05. The molecule has 152 valence electrons. The number of thiocarbonyl (C=S) groups is 1. The third kappa shape index (κ3) is 4.02. The zero-order valence-electron chi connectivity index (χ0n) is 16.5. The predicted molar refractivity (Wildman–Crippen MR) is 121 cm³/mol. The summed E-state index contributed by atoms with van der Waals surface area (Å²) in [5.41, 5.74) is 3.71. The highest BCUT2D eigenvalue weighted by molar-refractivity contribution is 7.80. The number of halogens is 2. The van der Waals surface area contributed by atoms with E-state index in [0.717, 1.165) is 23.1 Å². The summed E-state index contributed by atoms with van der Waals surface area (Å²) < 4.78 is 28.9. The number of hydrogen-bond acceptors (Lipinski definition) is 2. The van der Waals surface area contributed by atoms with Gasteiger partial charge in [-0.05, 0) is 54.5 Å². The van der Waals surface area contributed by atoms with Crippen LogP contribution in [0.1, 0.15) is 17.0 Å². The molecule has 0 fully saturated rings. The van der Waals surface area contributed by atoms with Crippen LogP contribution < -0.4 is 10.6 Å². The van der Waals surface area contributed by atoms with Crippen molar-refractivity contribution in [2.24, 2.45) is 0 Å². The van der Waals surface area contributed by atoms with Crippen LogP contribution in [0.25, 0.3) is 10.8 Å². The van der Waals surface area contributed by atoms with Gasteiger partial charge in [-0.1, -0.05) is 42.5 Å². The third-order valence-corrected chi connectivity index (χ3v) is 5.20. The molecule has 0 amide bonds. The number of aromatic nitrogens is 2. The summed E-state index contributed by atoms with van der Waals surface area (Å²) in [5.74, 6) is -1.35. The molecule has 30 heavy (non-hydrogen) atoms. The first-order valence-electron chi connectivity index (χ1n) is 9.46. The quantitative estimate of drug-likeness (QED) is 0.409. The van der Waals surface area contributed by atoms with E-state index in [4.69, 9.17) is 12.2 Å². The molecule has 0 radical (unpaired) electrons. The summed E-state index contributed by atoms with van der Waals surface area (Å²) in [7, 11) is 0. The van der Waals surface area contributed by atoms with E-state index < -0.39 is 11.6 Å². The summed E-state index contributed by atoms with van der Waals surface area (Å²) in [4.78, 5) is 0. The number of benzene rings is 3. The lowest BCUT2D eigenvalue weighted by atomic mass is 10.0. The topological polar surface area (TPSA) is 41.9 Å². The van der Waals surface area contributed by atoms with E-state index in [1.807, 2.05) is 36.7 Å². The molecule has 0 unspecified atom stereocenters. The summed E-state index contributed by atoms with van der Waals surface area (Å²) in [5, 5.41) is 13.1. The van der Waals surface area contributed by atoms with Crippen LogP contribution >= 0.6 is 12.2 Å². The third-order valence-electron chi connectivity index (χ3n) is 5.00. The van der Waals surface area contributed by atoms with Gasteiger partial charge in [0, 0.05) is 6.07 Å². The average Bonchev–Trinajstić information content (AvgIpc) is 2.98. The van der Waals surface area contributed by atoms with Gasteiger partial charge in [0.05, 0.1) is 29.3 Å². The summed E-state index contributed by atoms with van der Waals surface area (Å²) in [6.07, 6.45) is 0. The normalized spacial score (nSPS) is 10.9. The van der Waals surface area contributed by atoms with Crippen molar-refractivity contribution in [3.63, 3.8) is 0 Å². The number of fused-ring (bicyclic) bond motifs is 1. The molecule has 3 aromatic carbocycles. The zero-order valence-corrected chi connectivity index (χ0v) is 17.4. The van der Waals surface area contributed by atoms with Crippen LogP contribution in [0.3, 0.4) is 0 Å². The van der Waals surface area contributed by atoms with E-state index in [1.165, 1.54) is 28.5 Å². The highest BCUT2D eigenvalue weighted by Crippen LogP contribution is 2.24. The van der Waals surface area contributed by atoms with Crippen molar-refractivity contribution < 1.29 is 8.78 Å². The lowest BCUT2D eigenvalue weighted by molar-refractivity contribution is 0.586. The fourth-order valence-corrected chi connectivity index (χ4v) is 3.69. The summed E-state index contributed by atoms with van der Waals surface area (Å²) in [6.45, 7) is 4.45.